The van der Waals surface area contributed by atoms with Gasteiger partial charge in [0.25, 0.3) is 0 Å². The lowest BCUT2D eigenvalue weighted by Crippen LogP contribution is -2.24. The minimum Gasteiger partial charge on any atom is -0.486 e. The van der Waals surface area contributed by atoms with Crippen molar-refractivity contribution in [3.63, 3.8) is 0 Å². The van der Waals surface area contributed by atoms with E-state index in [1.54, 1.807) is 11.3 Å². The largest absolute Gasteiger partial charge is 0.486 e. The lowest BCUT2D eigenvalue weighted by atomic mass is 10.0. The summed E-state index contributed by atoms with van der Waals surface area (Å²) < 4.78 is 6.12. The van der Waals surface area contributed by atoms with Crippen LogP contribution in [0.25, 0.3) is 10.6 Å². The van der Waals surface area contributed by atoms with E-state index < -0.39 is 0 Å². The van der Waals surface area contributed by atoms with Crippen molar-refractivity contribution in [1.82, 2.24) is 4.98 Å². The molecule has 0 fully saturated rings. The first-order chi connectivity index (χ1) is 9.37. The summed E-state index contributed by atoms with van der Waals surface area (Å²) in [5.74, 6) is 0.988. The summed E-state index contributed by atoms with van der Waals surface area (Å²) in [5.41, 5.74) is 9.25. The molecular formula is C16H20N2OS. The lowest BCUT2D eigenvalue weighted by molar-refractivity contribution is 0.139. The third-order valence-corrected chi connectivity index (χ3v) is 4.96. The Labute approximate surface area is 123 Å². The smallest absolute Gasteiger partial charge is 0.133 e. The van der Waals surface area contributed by atoms with E-state index in [-0.39, 0.29) is 11.6 Å². The van der Waals surface area contributed by atoms with E-state index in [1.807, 2.05) is 13.8 Å². The van der Waals surface area contributed by atoms with Gasteiger partial charge in [0.1, 0.15) is 16.4 Å². The minimum atomic E-state index is -0.130. The molecule has 0 radical (unpaired) electrons. The number of nitrogens with two attached hydrogens (primary N) is 1. The van der Waals surface area contributed by atoms with Gasteiger partial charge in [-0.2, -0.15) is 0 Å². The zero-order valence-corrected chi connectivity index (χ0v) is 13.2. The van der Waals surface area contributed by atoms with Gasteiger partial charge in [-0.15, -0.1) is 11.3 Å². The third-order valence-electron chi connectivity index (χ3n) is 3.57. The number of hydrogen-bond acceptors (Lipinski definition) is 4. The summed E-state index contributed by atoms with van der Waals surface area (Å²) in [6.07, 6.45) is 0.945. The van der Waals surface area contributed by atoms with Crippen LogP contribution < -0.4 is 10.5 Å². The van der Waals surface area contributed by atoms with Crippen molar-refractivity contribution < 1.29 is 4.74 Å². The molecule has 106 valence electrons. The molecule has 0 bridgehead atoms. The van der Waals surface area contributed by atoms with Gasteiger partial charge < -0.3 is 10.5 Å². The van der Waals surface area contributed by atoms with Gasteiger partial charge in [-0.3, -0.25) is 0 Å². The van der Waals surface area contributed by atoms with Gasteiger partial charge >= 0.3 is 0 Å². The van der Waals surface area contributed by atoms with Crippen molar-refractivity contribution in [2.75, 3.05) is 0 Å². The number of aromatic nitrogens is 1. The molecule has 4 heteroatoms. The summed E-state index contributed by atoms with van der Waals surface area (Å²) in [7, 11) is 0. The number of ether oxygens (including phenoxy) is 1. The first kappa shape index (κ1) is 13.6. The average molecular weight is 288 g/mol. The number of fused-ring (bicyclic) bond motifs is 1. The Morgan fingerprint density at radius 1 is 1.40 bits per heavy atom. The summed E-state index contributed by atoms with van der Waals surface area (Å²) >= 11 is 1.67. The molecule has 1 atom stereocenters. The van der Waals surface area contributed by atoms with Crippen LogP contribution in [0.1, 0.15) is 42.9 Å². The van der Waals surface area contributed by atoms with Gasteiger partial charge in [-0.05, 0) is 39.3 Å². The number of hydrogen-bond donors (Lipinski definition) is 1. The molecule has 2 aromatic rings. The number of para-hydroxylation sites is 1. The van der Waals surface area contributed by atoms with Crippen molar-refractivity contribution in [2.45, 2.75) is 45.8 Å². The molecule has 3 rings (SSSR count). The van der Waals surface area contributed by atoms with Crippen LogP contribution in [0.5, 0.6) is 5.75 Å². The van der Waals surface area contributed by atoms with Crippen LogP contribution in [0, 0.1) is 6.92 Å². The first-order valence-corrected chi connectivity index (χ1v) is 7.73. The zero-order valence-electron chi connectivity index (χ0n) is 12.4. The van der Waals surface area contributed by atoms with E-state index >= 15 is 0 Å². The van der Waals surface area contributed by atoms with Crippen molar-refractivity contribution in [1.29, 1.82) is 0 Å². The average Bonchev–Trinajstić information content (AvgIpc) is 2.86. The molecule has 0 saturated carbocycles. The van der Waals surface area contributed by atoms with Crippen molar-refractivity contribution in [3.8, 4) is 16.3 Å². The molecule has 1 aromatic carbocycles. The lowest BCUT2D eigenvalue weighted by Gasteiger charge is -2.17. The second-order valence-corrected chi connectivity index (χ2v) is 7.12. The Morgan fingerprint density at radius 2 is 2.15 bits per heavy atom. The highest BCUT2D eigenvalue weighted by Crippen LogP contribution is 2.44. The van der Waals surface area contributed by atoms with Crippen LogP contribution in [0.4, 0.5) is 0 Å². The van der Waals surface area contributed by atoms with Crippen molar-refractivity contribution >= 4 is 11.3 Å². The third kappa shape index (κ3) is 2.23. The normalized spacial score (nSPS) is 17.6. The molecule has 1 aliphatic rings. The molecule has 0 aliphatic carbocycles. The molecule has 1 aliphatic heterocycles. The fourth-order valence-electron chi connectivity index (χ4n) is 2.73. The first-order valence-electron chi connectivity index (χ1n) is 6.91. The molecule has 0 spiro atoms. The minimum absolute atomic E-state index is 0.0235. The second-order valence-electron chi connectivity index (χ2n) is 6.09. The highest BCUT2D eigenvalue weighted by Gasteiger charge is 2.32. The van der Waals surface area contributed by atoms with Crippen LogP contribution in [0.15, 0.2) is 18.2 Å². The predicted molar refractivity (Wildman–Crippen MR) is 83.3 cm³/mol. The Hall–Kier alpha value is -1.39. The molecule has 0 amide bonds. The Morgan fingerprint density at radius 3 is 2.80 bits per heavy atom. The van der Waals surface area contributed by atoms with Crippen molar-refractivity contribution in [3.05, 3.63) is 34.3 Å². The SMILES string of the molecule is Cc1nc(-c2cccc3c2OC(C)(C)C3)sc1C(C)N. The number of thiazole rings is 1. The van der Waals surface area contributed by atoms with Gasteiger partial charge in [-0.1, -0.05) is 12.1 Å². The quantitative estimate of drug-likeness (QED) is 0.913. The topological polar surface area (TPSA) is 48.1 Å². The van der Waals surface area contributed by atoms with E-state index in [0.29, 0.717) is 0 Å². The number of nitrogens with zero attached hydrogens (tertiary/aromatic N) is 1. The predicted octanol–water partition coefficient (Wildman–Crippen LogP) is 3.85. The van der Waals surface area contributed by atoms with E-state index in [0.717, 1.165) is 33.3 Å². The van der Waals surface area contributed by atoms with E-state index in [9.17, 15) is 0 Å². The standard InChI is InChI=1S/C16H20N2OS/c1-9(17)14-10(2)18-15(20-14)12-7-5-6-11-8-16(3,4)19-13(11)12/h5-7,9H,8,17H2,1-4H3. The van der Waals surface area contributed by atoms with Crippen molar-refractivity contribution in [2.24, 2.45) is 5.73 Å². The molecule has 1 unspecified atom stereocenters. The van der Waals surface area contributed by atoms with Gasteiger partial charge in [0.05, 0.1) is 11.3 Å². The fraction of sp³-hybridized carbons (Fsp3) is 0.438. The maximum atomic E-state index is 6.12. The van der Waals surface area contributed by atoms with Crippen LogP contribution >= 0.6 is 11.3 Å². The zero-order chi connectivity index (χ0) is 14.5. The van der Waals surface area contributed by atoms with Gasteiger partial charge in [0.15, 0.2) is 0 Å². The summed E-state index contributed by atoms with van der Waals surface area (Å²) in [6.45, 7) is 8.26. The molecule has 2 N–H and O–H groups in total. The molecule has 1 aromatic heterocycles. The summed E-state index contributed by atoms with van der Waals surface area (Å²) in [6, 6.07) is 6.33. The molecule has 2 heterocycles. The second kappa shape index (κ2) is 4.57. The monoisotopic (exact) mass is 288 g/mol. The Balaban J connectivity index is 2.09. The molecule has 20 heavy (non-hydrogen) atoms. The highest BCUT2D eigenvalue weighted by atomic mass is 32.1. The van der Waals surface area contributed by atoms with E-state index in [4.69, 9.17) is 10.5 Å². The maximum Gasteiger partial charge on any atom is 0.133 e. The van der Waals surface area contributed by atoms with Gasteiger partial charge in [-0.25, -0.2) is 4.98 Å². The van der Waals surface area contributed by atoms with Crippen LogP contribution in [-0.2, 0) is 6.42 Å². The number of benzene rings is 1. The Kier molecular flexibility index (Phi) is 3.10. The summed E-state index contributed by atoms with van der Waals surface area (Å²) in [4.78, 5) is 5.83. The van der Waals surface area contributed by atoms with Crippen LogP contribution in [0.3, 0.4) is 0 Å². The number of rotatable bonds is 2. The van der Waals surface area contributed by atoms with E-state index in [1.165, 1.54) is 5.56 Å². The molecule has 3 nitrogen and oxygen atoms in total. The summed E-state index contributed by atoms with van der Waals surface area (Å²) in [5, 5.41) is 1.00. The van der Waals surface area contributed by atoms with Crippen LogP contribution in [-0.4, -0.2) is 10.6 Å². The van der Waals surface area contributed by atoms with Crippen LogP contribution in [0.2, 0.25) is 0 Å². The highest BCUT2D eigenvalue weighted by molar-refractivity contribution is 7.15. The number of aryl methyl sites for hydroxylation is 1. The van der Waals surface area contributed by atoms with Gasteiger partial charge in [0.2, 0.25) is 0 Å². The molecular weight excluding hydrogens is 268 g/mol. The molecule has 0 saturated heterocycles. The maximum absolute atomic E-state index is 6.12. The Bertz CT molecular complexity index is 658. The van der Waals surface area contributed by atoms with Gasteiger partial charge in [0, 0.05) is 17.3 Å². The van der Waals surface area contributed by atoms with E-state index in [2.05, 4.69) is 37.0 Å². The fourth-order valence-corrected chi connectivity index (χ4v) is 3.77.